The smallest absolute Gasteiger partial charge is 0.323 e. The monoisotopic (exact) mass is 240 g/mol. The highest BCUT2D eigenvalue weighted by Crippen LogP contribution is 2.18. The van der Waals surface area contributed by atoms with E-state index >= 15 is 0 Å². The Balaban J connectivity index is 1.91. The molecule has 0 aliphatic carbocycles. The molecule has 2 fully saturated rings. The zero-order valence-corrected chi connectivity index (χ0v) is 10.4. The van der Waals surface area contributed by atoms with Crippen LogP contribution in [0.15, 0.2) is 0 Å². The van der Waals surface area contributed by atoms with Gasteiger partial charge in [-0.1, -0.05) is 6.42 Å². The molecule has 2 rings (SSSR count). The molecule has 1 amide bonds. The number of nitrogens with zero attached hydrogens (tertiary/aromatic N) is 2. The van der Waals surface area contributed by atoms with E-state index in [9.17, 15) is 9.59 Å². The van der Waals surface area contributed by atoms with E-state index in [-0.39, 0.29) is 17.9 Å². The Morgan fingerprint density at radius 2 is 1.94 bits per heavy atom. The van der Waals surface area contributed by atoms with E-state index in [0.717, 1.165) is 45.3 Å². The zero-order chi connectivity index (χ0) is 12.3. The molecule has 2 saturated heterocycles. The largest absolute Gasteiger partial charge is 0.468 e. The minimum absolute atomic E-state index is 0.145. The van der Waals surface area contributed by atoms with Crippen molar-refractivity contribution in [3.05, 3.63) is 0 Å². The highest BCUT2D eigenvalue weighted by Gasteiger charge is 2.32. The first kappa shape index (κ1) is 12.4. The van der Waals surface area contributed by atoms with Crippen LogP contribution in [0.4, 0.5) is 0 Å². The predicted molar refractivity (Wildman–Crippen MR) is 62.4 cm³/mol. The van der Waals surface area contributed by atoms with Crippen molar-refractivity contribution in [3.8, 4) is 0 Å². The van der Waals surface area contributed by atoms with E-state index in [1.807, 2.05) is 9.80 Å². The molecule has 0 N–H and O–H groups in total. The molecule has 5 nitrogen and oxygen atoms in total. The Kier molecular flexibility index (Phi) is 3.99. The standard InChI is InChI=1S/C12H20N2O3/c1-17-12(16)10-5-2-3-6-14(10)9-11(15)13-7-4-8-13/h10H,2-9H2,1H3/t10-/m1/s1. The number of piperidine rings is 1. The van der Waals surface area contributed by atoms with E-state index in [1.54, 1.807) is 0 Å². The molecule has 5 heteroatoms. The summed E-state index contributed by atoms with van der Waals surface area (Å²) in [4.78, 5) is 27.3. The molecule has 2 heterocycles. The molecule has 1 atom stereocenters. The second-order valence-electron chi connectivity index (χ2n) is 4.74. The maximum Gasteiger partial charge on any atom is 0.323 e. The number of ether oxygens (including phenoxy) is 1. The minimum Gasteiger partial charge on any atom is -0.468 e. The number of carbonyl (C=O) groups excluding carboxylic acids is 2. The molecule has 2 aliphatic heterocycles. The van der Waals surface area contributed by atoms with Gasteiger partial charge in [0.05, 0.1) is 13.7 Å². The molecule has 0 aromatic carbocycles. The highest BCUT2D eigenvalue weighted by atomic mass is 16.5. The van der Waals surface area contributed by atoms with Crippen LogP contribution in [-0.4, -0.2) is 61.0 Å². The summed E-state index contributed by atoms with van der Waals surface area (Å²) in [5, 5.41) is 0. The summed E-state index contributed by atoms with van der Waals surface area (Å²) >= 11 is 0. The van der Waals surface area contributed by atoms with Gasteiger partial charge < -0.3 is 9.64 Å². The third-order valence-electron chi connectivity index (χ3n) is 3.63. The Hall–Kier alpha value is -1.10. The quantitative estimate of drug-likeness (QED) is 0.663. The molecule has 0 unspecified atom stereocenters. The molecular weight excluding hydrogens is 220 g/mol. The van der Waals surface area contributed by atoms with Gasteiger partial charge >= 0.3 is 5.97 Å². The lowest BCUT2D eigenvalue weighted by Gasteiger charge is -2.37. The summed E-state index contributed by atoms with van der Waals surface area (Å²) < 4.78 is 4.80. The van der Waals surface area contributed by atoms with Crippen LogP contribution in [0.1, 0.15) is 25.7 Å². The molecule has 2 aliphatic rings. The van der Waals surface area contributed by atoms with E-state index < -0.39 is 0 Å². The van der Waals surface area contributed by atoms with Crippen molar-refractivity contribution in [2.24, 2.45) is 0 Å². The van der Waals surface area contributed by atoms with Crippen LogP contribution in [0.2, 0.25) is 0 Å². The minimum atomic E-state index is -0.223. The van der Waals surface area contributed by atoms with Crippen molar-refractivity contribution < 1.29 is 14.3 Å². The Morgan fingerprint density at radius 3 is 2.53 bits per heavy atom. The van der Waals surface area contributed by atoms with Gasteiger partial charge in [0.15, 0.2) is 0 Å². The van der Waals surface area contributed by atoms with Crippen LogP contribution in [0.3, 0.4) is 0 Å². The van der Waals surface area contributed by atoms with Gasteiger partial charge in [0.2, 0.25) is 5.91 Å². The van der Waals surface area contributed by atoms with Crippen LogP contribution in [-0.2, 0) is 14.3 Å². The van der Waals surface area contributed by atoms with E-state index in [1.165, 1.54) is 7.11 Å². The molecule has 17 heavy (non-hydrogen) atoms. The highest BCUT2D eigenvalue weighted by molar-refractivity contribution is 5.81. The number of rotatable bonds is 3. The lowest BCUT2D eigenvalue weighted by atomic mass is 10.0. The van der Waals surface area contributed by atoms with Gasteiger partial charge in [0, 0.05) is 13.1 Å². The van der Waals surface area contributed by atoms with E-state index in [0.29, 0.717) is 6.54 Å². The van der Waals surface area contributed by atoms with Crippen LogP contribution in [0.25, 0.3) is 0 Å². The van der Waals surface area contributed by atoms with Crippen molar-refractivity contribution in [1.29, 1.82) is 0 Å². The number of amides is 1. The third kappa shape index (κ3) is 2.77. The Morgan fingerprint density at radius 1 is 1.18 bits per heavy atom. The average molecular weight is 240 g/mol. The molecule has 96 valence electrons. The SMILES string of the molecule is COC(=O)[C@H]1CCCCN1CC(=O)N1CCC1. The molecular formula is C12H20N2O3. The van der Waals surface area contributed by atoms with Gasteiger partial charge in [-0.05, 0) is 25.8 Å². The maximum atomic E-state index is 11.9. The Labute approximate surface area is 102 Å². The fourth-order valence-corrected chi connectivity index (χ4v) is 2.42. The maximum absolute atomic E-state index is 11.9. The van der Waals surface area contributed by atoms with Gasteiger partial charge in [0.1, 0.15) is 6.04 Å². The van der Waals surface area contributed by atoms with Crippen LogP contribution < -0.4 is 0 Å². The second kappa shape index (κ2) is 5.49. The summed E-state index contributed by atoms with van der Waals surface area (Å²) in [6.07, 6.45) is 4.00. The molecule has 0 aromatic rings. The number of likely N-dealkylation sites (tertiary alicyclic amines) is 2. The Bertz CT molecular complexity index is 302. The van der Waals surface area contributed by atoms with Gasteiger partial charge in [-0.25, -0.2) is 0 Å². The number of hydrogen-bond acceptors (Lipinski definition) is 4. The van der Waals surface area contributed by atoms with Crippen molar-refractivity contribution in [2.45, 2.75) is 31.7 Å². The lowest BCUT2D eigenvalue weighted by molar-refractivity contribution is -0.150. The van der Waals surface area contributed by atoms with Crippen LogP contribution in [0.5, 0.6) is 0 Å². The summed E-state index contributed by atoms with van der Waals surface area (Å²) in [5.74, 6) is -0.0619. The first-order valence-electron chi connectivity index (χ1n) is 6.32. The van der Waals surface area contributed by atoms with Crippen molar-refractivity contribution in [1.82, 2.24) is 9.80 Å². The normalized spacial score (nSPS) is 25.2. The average Bonchev–Trinajstić information content (AvgIpc) is 2.26. The number of methoxy groups -OCH3 is 1. The van der Waals surface area contributed by atoms with Crippen molar-refractivity contribution in [3.63, 3.8) is 0 Å². The molecule has 0 saturated carbocycles. The van der Waals surface area contributed by atoms with Gasteiger partial charge in [-0.2, -0.15) is 0 Å². The van der Waals surface area contributed by atoms with Crippen molar-refractivity contribution >= 4 is 11.9 Å². The number of esters is 1. The first-order chi connectivity index (χ1) is 8.22. The van der Waals surface area contributed by atoms with Crippen LogP contribution in [0, 0.1) is 0 Å². The summed E-state index contributed by atoms with van der Waals surface area (Å²) in [6, 6.07) is -0.223. The molecule has 0 aromatic heterocycles. The van der Waals surface area contributed by atoms with E-state index in [2.05, 4.69) is 0 Å². The predicted octanol–water partition coefficient (Wildman–Crippen LogP) is 0.246. The summed E-state index contributed by atoms with van der Waals surface area (Å²) in [6.45, 7) is 2.92. The van der Waals surface area contributed by atoms with Gasteiger partial charge in [-0.3, -0.25) is 14.5 Å². The number of carbonyl (C=O) groups is 2. The van der Waals surface area contributed by atoms with Gasteiger partial charge in [0.25, 0.3) is 0 Å². The second-order valence-corrected chi connectivity index (χ2v) is 4.74. The van der Waals surface area contributed by atoms with Crippen molar-refractivity contribution in [2.75, 3.05) is 33.3 Å². The summed E-state index contributed by atoms with van der Waals surface area (Å²) in [7, 11) is 1.41. The topological polar surface area (TPSA) is 49.9 Å². The lowest BCUT2D eigenvalue weighted by Crippen LogP contribution is -2.52. The van der Waals surface area contributed by atoms with Gasteiger partial charge in [-0.15, -0.1) is 0 Å². The molecule has 0 spiro atoms. The fraction of sp³-hybridized carbons (Fsp3) is 0.833. The third-order valence-corrected chi connectivity index (χ3v) is 3.63. The number of hydrogen-bond donors (Lipinski definition) is 0. The summed E-state index contributed by atoms with van der Waals surface area (Å²) in [5.41, 5.74) is 0. The van der Waals surface area contributed by atoms with E-state index in [4.69, 9.17) is 4.74 Å². The first-order valence-corrected chi connectivity index (χ1v) is 6.32. The fourth-order valence-electron chi connectivity index (χ4n) is 2.42. The molecule has 0 radical (unpaired) electrons. The molecule has 0 bridgehead atoms. The van der Waals surface area contributed by atoms with Crippen LogP contribution >= 0.6 is 0 Å². The zero-order valence-electron chi connectivity index (χ0n) is 10.4.